The topological polar surface area (TPSA) is 17.8 Å². The van der Waals surface area contributed by atoms with Crippen molar-refractivity contribution in [2.24, 2.45) is 0 Å². The molecule has 0 saturated heterocycles. The Hall–Kier alpha value is -0.540. The lowest BCUT2D eigenvalue weighted by Crippen LogP contribution is -2.19. The number of nitrogens with zero attached hydrogens (tertiary/aromatic N) is 2. The van der Waals surface area contributed by atoms with Crippen molar-refractivity contribution in [2.75, 3.05) is 0 Å². The Morgan fingerprint density at radius 1 is 1.65 bits per heavy atom. The standard InChI is InChI=1S/C11H12BrF2N2P/c1-11(14,17)6-16-9-4-2-3-8(12)10(13)7(9)5-15-16/h2,4-5H,3,6,17H2,1H3. The lowest BCUT2D eigenvalue weighted by molar-refractivity contribution is 0.266. The van der Waals surface area contributed by atoms with Gasteiger partial charge < -0.3 is 0 Å². The molecule has 1 aliphatic carbocycles. The monoisotopic (exact) mass is 320 g/mol. The number of aromatic nitrogens is 2. The molecular weight excluding hydrogens is 309 g/mol. The van der Waals surface area contributed by atoms with Gasteiger partial charge in [-0.25, -0.2) is 8.78 Å². The molecule has 0 saturated carbocycles. The number of hydrogen-bond acceptors (Lipinski definition) is 1. The Morgan fingerprint density at radius 2 is 2.35 bits per heavy atom. The van der Waals surface area contributed by atoms with E-state index in [9.17, 15) is 8.78 Å². The lowest BCUT2D eigenvalue weighted by atomic mass is 10.2. The maximum Gasteiger partial charge on any atom is 0.144 e. The van der Waals surface area contributed by atoms with Crippen molar-refractivity contribution < 1.29 is 8.78 Å². The summed E-state index contributed by atoms with van der Waals surface area (Å²) in [5.74, 6) is -0.333. The van der Waals surface area contributed by atoms with E-state index in [2.05, 4.69) is 30.3 Å². The van der Waals surface area contributed by atoms with Gasteiger partial charge in [0.05, 0.1) is 24.0 Å². The first-order valence-electron chi connectivity index (χ1n) is 5.13. The van der Waals surface area contributed by atoms with Crippen molar-refractivity contribution in [2.45, 2.75) is 25.3 Å². The van der Waals surface area contributed by atoms with Crippen LogP contribution in [0.4, 0.5) is 8.78 Å². The average Bonchev–Trinajstić information content (AvgIpc) is 2.51. The second kappa shape index (κ2) is 4.62. The summed E-state index contributed by atoms with van der Waals surface area (Å²) in [5, 5.41) is 2.57. The molecule has 0 bridgehead atoms. The van der Waals surface area contributed by atoms with Crippen LogP contribution < -0.4 is 0 Å². The predicted octanol–water partition coefficient (Wildman–Crippen LogP) is 3.89. The van der Waals surface area contributed by atoms with Crippen molar-refractivity contribution in [3.8, 4) is 0 Å². The molecule has 0 aliphatic heterocycles. The Kier molecular flexibility index (Phi) is 3.50. The van der Waals surface area contributed by atoms with E-state index in [0.717, 1.165) is 0 Å². The third kappa shape index (κ3) is 2.83. The van der Waals surface area contributed by atoms with Crippen LogP contribution in [0.2, 0.25) is 0 Å². The van der Waals surface area contributed by atoms with Crippen LogP contribution in [0.1, 0.15) is 24.6 Å². The molecule has 0 N–H and O–H groups in total. The fourth-order valence-electron chi connectivity index (χ4n) is 1.67. The molecule has 0 spiro atoms. The molecule has 0 radical (unpaired) electrons. The smallest absolute Gasteiger partial charge is 0.144 e. The summed E-state index contributed by atoms with van der Waals surface area (Å²) in [7, 11) is 2.11. The van der Waals surface area contributed by atoms with Crippen LogP contribution in [0.15, 0.2) is 16.8 Å². The van der Waals surface area contributed by atoms with E-state index >= 15 is 0 Å². The van der Waals surface area contributed by atoms with Gasteiger partial charge in [-0.1, -0.05) is 31.2 Å². The Labute approximate surface area is 109 Å². The van der Waals surface area contributed by atoms with E-state index in [0.29, 0.717) is 22.2 Å². The quantitative estimate of drug-likeness (QED) is 0.756. The second-order valence-electron chi connectivity index (χ2n) is 4.20. The molecule has 92 valence electrons. The molecule has 1 heterocycles. The zero-order valence-electron chi connectivity index (χ0n) is 9.25. The minimum atomic E-state index is -1.46. The van der Waals surface area contributed by atoms with Crippen molar-refractivity contribution in [3.63, 3.8) is 0 Å². The van der Waals surface area contributed by atoms with Gasteiger partial charge in [-0.3, -0.25) is 4.68 Å². The minimum absolute atomic E-state index is 0.0717. The van der Waals surface area contributed by atoms with Crippen molar-refractivity contribution >= 4 is 37.1 Å². The Balaban J connectivity index is 2.45. The SMILES string of the molecule is CC(F)(P)Cn1ncc2c1C=CCC(Br)=C2F. The average molecular weight is 321 g/mol. The number of alkyl halides is 1. The van der Waals surface area contributed by atoms with Gasteiger partial charge in [0, 0.05) is 10.9 Å². The van der Waals surface area contributed by atoms with Crippen LogP contribution in [0.3, 0.4) is 0 Å². The molecule has 0 fully saturated rings. The van der Waals surface area contributed by atoms with Gasteiger partial charge in [0.2, 0.25) is 0 Å². The van der Waals surface area contributed by atoms with Crippen LogP contribution in [0.25, 0.3) is 11.9 Å². The van der Waals surface area contributed by atoms with E-state index in [1.165, 1.54) is 17.8 Å². The van der Waals surface area contributed by atoms with E-state index in [1.54, 1.807) is 6.08 Å². The fraction of sp³-hybridized carbons (Fsp3) is 0.364. The van der Waals surface area contributed by atoms with Crippen LogP contribution in [-0.4, -0.2) is 15.2 Å². The summed E-state index contributed by atoms with van der Waals surface area (Å²) >= 11 is 3.18. The highest BCUT2D eigenvalue weighted by Gasteiger charge is 2.22. The fourth-order valence-corrected chi connectivity index (χ4v) is 2.24. The van der Waals surface area contributed by atoms with E-state index in [4.69, 9.17) is 0 Å². The molecule has 0 aromatic carbocycles. The molecular formula is C11H12BrF2N2P. The maximum atomic E-state index is 13.9. The minimum Gasteiger partial charge on any atom is -0.261 e. The highest BCUT2D eigenvalue weighted by atomic mass is 79.9. The molecule has 0 amide bonds. The summed E-state index contributed by atoms with van der Waals surface area (Å²) in [6.45, 7) is 1.51. The van der Waals surface area contributed by atoms with E-state index < -0.39 is 5.41 Å². The van der Waals surface area contributed by atoms with E-state index in [-0.39, 0.29) is 12.4 Å². The number of rotatable bonds is 2. The second-order valence-corrected chi connectivity index (χ2v) is 6.37. The largest absolute Gasteiger partial charge is 0.261 e. The summed E-state index contributed by atoms with van der Waals surface area (Å²) in [6.07, 6.45) is 5.52. The van der Waals surface area contributed by atoms with Gasteiger partial charge in [0.15, 0.2) is 0 Å². The summed E-state index contributed by atoms with van der Waals surface area (Å²) < 4.78 is 29.4. The van der Waals surface area contributed by atoms with Gasteiger partial charge in [0.25, 0.3) is 0 Å². The van der Waals surface area contributed by atoms with Crippen molar-refractivity contribution in [1.29, 1.82) is 0 Å². The van der Waals surface area contributed by atoms with Gasteiger partial charge in [0.1, 0.15) is 11.2 Å². The van der Waals surface area contributed by atoms with Gasteiger partial charge in [-0.2, -0.15) is 5.10 Å². The number of halogens is 3. The van der Waals surface area contributed by atoms with Gasteiger partial charge in [-0.05, 0) is 13.0 Å². The Morgan fingerprint density at radius 3 is 3.00 bits per heavy atom. The lowest BCUT2D eigenvalue weighted by Gasteiger charge is -2.15. The summed E-state index contributed by atoms with van der Waals surface area (Å²) in [6, 6.07) is 0. The van der Waals surface area contributed by atoms with Gasteiger partial charge in [-0.15, -0.1) is 0 Å². The van der Waals surface area contributed by atoms with Crippen LogP contribution in [0.5, 0.6) is 0 Å². The molecule has 1 aromatic heterocycles. The first-order chi connectivity index (χ1) is 7.88. The third-order valence-corrected chi connectivity index (χ3v) is 3.24. The van der Waals surface area contributed by atoms with Crippen molar-refractivity contribution in [1.82, 2.24) is 9.78 Å². The normalized spacial score (nSPS) is 18.9. The van der Waals surface area contributed by atoms with Crippen LogP contribution >= 0.6 is 25.2 Å². The zero-order valence-corrected chi connectivity index (χ0v) is 12.0. The zero-order chi connectivity index (χ0) is 12.6. The number of hydrogen-bond donors (Lipinski definition) is 0. The van der Waals surface area contributed by atoms with E-state index in [1.807, 2.05) is 6.08 Å². The van der Waals surface area contributed by atoms with Crippen molar-refractivity contribution in [3.05, 3.63) is 28.0 Å². The van der Waals surface area contributed by atoms with Crippen LogP contribution in [-0.2, 0) is 6.54 Å². The predicted molar refractivity (Wildman–Crippen MR) is 72.1 cm³/mol. The molecule has 2 rings (SSSR count). The maximum absolute atomic E-state index is 13.9. The summed E-state index contributed by atoms with van der Waals surface area (Å²) in [5.41, 5.74) is 1.00. The third-order valence-electron chi connectivity index (χ3n) is 2.39. The number of allylic oxidation sites excluding steroid dienone is 2. The molecule has 2 nitrogen and oxygen atoms in total. The first-order valence-corrected chi connectivity index (χ1v) is 6.50. The van der Waals surface area contributed by atoms with Gasteiger partial charge >= 0.3 is 0 Å². The highest BCUT2D eigenvalue weighted by Crippen LogP contribution is 2.33. The Bertz CT molecular complexity index is 500. The highest BCUT2D eigenvalue weighted by molar-refractivity contribution is 9.11. The molecule has 6 heteroatoms. The summed E-state index contributed by atoms with van der Waals surface area (Å²) in [4.78, 5) is 0. The molecule has 2 atom stereocenters. The molecule has 2 unspecified atom stereocenters. The van der Waals surface area contributed by atoms with Crippen LogP contribution in [0, 0.1) is 0 Å². The first kappa shape index (κ1) is 12.9. The molecule has 17 heavy (non-hydrogen) atoms. The molecule has 1 aromatic rings. The molecule has 1 aliphatic rings. The number of fused-ring (bicyclic) bond motifs is 1.